The second-order valence-electron chi connectivity index (χ2n) is 9.65. The molecule has 0 saturated carbocycles. The number of likely N-dealkylation sites (tertiary alicyclic amines) is 1. The van der Waals surface area contributed by atoms with Crippen LogP contribution in [-0.2, 0) is 15.1 Å². The number of carboxylic acids is 1. The first-order valence-corrected chi connectivity index (χ1v) is 12.9. The lowest BCUT2D eigenvalue weighted by Gasteiger charge is -2.38. The van der Waals surface area contributed by atoms with Crippen molar-refractivity contribution in [1.29, 1.82) is 0 Å². The fraction of sp³-hybridized carbons (Fsp3) is 0.387. The minimum absolute atomic E-state index is 0.333. The third-order valence-corrected chi connectivity index (χ3v) is 7.39. The summed E-state index contributed by atoms with van der Waals surface area (Å²) in [6.07, 6.45) is 1.59. The summed E-state index contributed by atoms with van der Waals surface area (Å²) in [4.78, 5) is 13.8. The average molecular weight is 520 g/mol. The van der Waals surface area contributed by atoms with Gasteiger partial charge in [-0.05, 0) is 85.0 Å². The van der Waals surface area contributed by atoms with Crippen LogP contribution < -0.4 is 14.2 Å². The second-order valence-corrected chi connectivity index (χ2v) is 9.65. The van der Waals surface area contributed by atoms with Gasteiger partial charge < -0.3 is 29.0 Å². The standard InChI is InChI=1S/C31H37NO6/c1-22-20-28(37-4)15-16-29(22)31(24-7-11-26(35-2)12-8-24,25-9-13-27(36-3)14-10-25)38-19-18-32-17-5-6-23(21-32)30(33)34/h7-16,20,23H,5-6,17-19,21H2,1-4H3,(H,33,34)/t23-/m1/s1. The van der Waals surface area contributed by atoms with Crippen molar-refractivity contribution in [2.45, 2.75) is 25.4 Å². The van der Waals surface area contributed by atoms with Gasteiger partial charge in [0.15, 0.2) is 0 Å². The first kappa shape index (κ1) is 27.5. The maximum absolute atomic E-state index is 11.6. The third-order valence-electron chi connectivity index (χ3n) is 7.39. The zero-order chi connectivity index (χ0) is 27.1. The number of benzene rings is 3. The lowest BCUT2D eigenvalue weighted by molar-refractivity contribution is -0.143. The number of hydrogen-bond acceptors (Lipinski definition) is 6. The van der Waals surface area contributed by atoms with Crippen molar-refractivity contribution in [1.82, 2.24) is 4.90 Å². The number of nitrogens with zero attached hydrogens (tertiary/aromatic N) is 1. The summed E-state index contributed by atoms with van der Waals surface area (Å²) in [6, 6.07) is 21.9. The molecule has 38 heavy (non-hydrogen) atoms. The molecule has 7 nitrogen and oxygen atoms in total. The monoisotopic (exact) mass is 519 g/mol. The van der Waals surface area contributed by atoms with Crippen LogP contribution in [0.3, 0.4) is 0 Å². The molecule has 1 saturated heterocycles. The molecule has 0 aromatic heterocycles. The Morgan fingerprint density at radius 2 is 1.45 bits per heavy atom. The van der Waals surface area contributed by atoms with Gasteiger partial charge in [0.1, 0.15) is 22.8 Å². The van der Waals surface area contributed by atoms with Gasteiger partial charge in [0.25, 0.3) is 0 Å². The van der Waals surface area contributed by atoms with Gasteiger partial charge in [0.2, 0.25) is 0 Å². The van der Waals surface area contributed by atoms with E-state index in [2.05, 4.69) is 17.9 Å². The number of hydrogen-bond donors (Lipinski definition) is 1. The number of aliphatic carboxylic acids is 1. The van der Waals surface area contributed by atoms with E-state index in [-0.39, 0.29) is 5.92 Å². The largest absolute Gasteiger partial charge is 0.497 e. The molecule has 0 radical (unpaired) electrons. The number of aryl methyl sites for hydroxylation is 1. The summed E-state index contributed by atoms with van der Waals surface area (Å²) < 4.78 is 23.3. The van der Waals surface area contributed by atoms with Crippen LogP contribution in [-0.4, -0.2) is 63.5 Å². The summed E-state index contributed by atoms with van der Waals surface area (Å²) >= 11 is 0. The molecule has 0 spiro atoms. The van der Waals surface area contributed by atoms with Crippen LogP contribution in [0.1, 0.15) is 35.1 Å². The van der Waals surface area contributed by atoms with E-state index in [1.54, 1.807) is 21.3 Å². The fourth-order valence-corrected chi connectivity index (χ4v) is 5.32. The Hall–Kier alpha value is -3.55. The van der Waals surface area contributed by atoms with Gasteiger partial charge in [-0.3, -0.25) is 4.79 Å². The van der Waals surface area contributed by atoms with Crippen LogP contribution in [0.15, 0.2) is 66.7 Å². The zero-order valence-electron chi connectivity index (χ0n) is 22.6. The highest BCUT2D eigenvalue weighted by molar-refractivity contribution is 5.70. The summed E-state index contributed by atoms with van der Waals surface area (Å²) in [7, 11) is 4.96. The first-order valence-electron chi connectivity index (χ1n) is 12.9. The van der Waals surface area contributed by atoms with Crippen LogP contribution in [0.5, 0.6) is 17.2 Å². The van der Waals surface area contributed by atoms with Crippen molar-refractivity contribution >= 4 is 5.97 Å². The topological polar surface area (TPSA) is 77.5 Å². The van der Waals surface area contributed by atoms with E-state index in [1.807, 2.05) is 60.7 Å². The van der Waals surface area contributed by atoms with E-state index in [1.165, 1.54) is 0 Å². The van der Waals surface area contributed by atoms with E-state index in [0.29, 0.717) is 19.7 Å². The van der Waals surface area contributed by atoms with E-state index >= 15 is 0 Å². The number of piperidine rings is 1. The van der Waals surface area contributed by atoms with Crippen molar-refractivity contribution < 1.29 is 28.8 Å². The molecule has 4 rings (SSSR count). The molecule has 1 aliphatic heterocycles. The highest BCUT2D eigenvalue weighted by atomic mass is 16.5. The van der Waals surface area contributed by atoms with Crippen molar-refractivity contribution in [3.8, 4) is 17.2 Å². The Morgan fingerprint density at radius 3 is 1.95 bits per heavy atom. The lowest BCUT2D eigenvalue weighted by Crippen LogP contribution is -2.42. The smallest absolute Gasteiger partial charge is 0.307 e. The molecule has 0 unspecified atom stereocenters. The predicted molar refractivity (Wildman–Crippen MR) is 146 cm³/mol. The Labute approximate surface area is 224 Å². The molecule has 1 atom stereocenters. The molecule has 202 valence electrons. The molecule has 0 amide bonds. The molecule has 3 aromatic carbocycles. The maximum atomic E-state index is 11.6. The maximum Gasteiger partial charge on any atom is 0.307 e. The fourth-order valence-electron chi connectivity index (χ4n) is 5.32. The quantitative estimate of drug-likeness (QED) is 0.352. The molecule has 1 N–H and O–H groups in total. The molecule has 1 fully saturated rings. The predicted octanol–water partition coefficient (Wildman–Crippen LogP) is 5.13. The zero-order valence-corrected chi connectivity index (χ0v) is 22.6. The molecule has 1 aliphatic rings. The number of rotatable bonds is 11. The van der Waals surface area contributed by atoms with Gasteiger partial charge in [0.05, 0.1) is 33.9 Å². The van der Waals surface area contributed by atoms with Gasteiger partial charge in [-0.15, -0.1) is 0 Å². The van der Waals surface area contributed by atoms with Crippen molar-refractivity contribution in [3.63, 3.8) is 0 Å². The Kier molecular flexibility index (Phi) is 8.92. The van der Waals surface area contributed by atoms with Crippen molar-refractivity contribution in [2.75, 3.05) is 47.6 Å². The summed E-state index contributed by atoms with van der Waals surface area (Å²) in [5, 5.41) is 9.53. The summed E-state index contributed by atoms with van der Waals surface area (Å²) in [6.45, 7) is 4.51. The Bertz CT molecular complexity index is 1160. The van der Waals surface area contributed by atoms with E-state index in [9.17, 15) is 9.90 Å². The lowest BCUT2D eigenvalue weighted by atomic mass is 9.78. The van der Waals surface area contributed by atoms with Gasteiger partial charge in [-0.2, -0.15) is 0 Å². The molecule has 3 aromatic rings. The normalized spacial score (nSPS) is 16.2. The molecule has 7 heteroatoms. The molecular formula is C31H37NO6. The summed E-state index contributed by atoms with van der Waals surface area (Å²) in [5.74, 6) is 1.24. The molecule has 1 heterocycles. The molecule has 0 aliphatic carbocycles. The summed E-state index contributed by atoms with van der Waals surface area (Å²) in [5.41, 5.74) is 3.00. The van der Waals surface area contributed by atoms with Gasteiger partial charge in [-0.1, -0.05) is 30.3 Å². The van der Waals surface area contributed by atoms with Crippen LogP contribution >= 0.6 is 0 Å². The number of carbonyl (C=O) groups is 1. The Balaban J connectivity index is 1.78. The number of ether oxygens (including phenoxy) is 4. The van der Waals surface area contributed by atoms with E-state index in [0.717, 1.165) is 58.9 Å². The minimum atomic E-state index is -0.934. The van der Waals surface area contributed by atoms with Gasteiger partial charge in [0, 0.05) is 13.1 Å². The number of methoxy groups -OCH3 is 3. The Morgan fingerprint density at radius 1 is 0.895 bits per heavy atom. The molecular weight excluding hydrogens is 482 g/mol. The van der Waals surface area contributed by atoms with Gasteiger partial charge in [-0.25, -0.2) is 0 Å². The van der Waals surface area contributed by atoms with Crippen molar-refractivity contribution in [3.05, 3.63) is 89.0 Å². The minimum Gasteiger partial charge on any atom is -0.497 e. The third kappa shape index (κ3) is 5.79. The van der Waals surface area contributed by atoms with E-state index in [4.69, 9.17) is 18.9 Å². The van der Waals surface area contributed by atoms with E-state index < -0.39 is 11.6 Å². The second kappa shape index (κ2) is 12.3. The highest BCUT2D eigenvalue weighted by Gasteiger charge is 2.39. The first-order chi connectivity index (χ1) is 18.4. The van der Waals surface area contributed by atoms with Crippen LogP contribution in [0.25, 0.3) is 0 Å². The number of carboxylic acid groups (broad SMARTS) is 1. The average Bonchev–Trinajstić information content (AvgIpc) is 2.96. The van der Waals surface area contributed by atoms with Crippen LogP contribution in [0.4, 0.5) is 0 Å². The molecule has 0 bridgehead atoms. The highest BCUT2D eigenvalue weighted by Crippen LogP contribution is 2.43. The van der Waals surface area contributed by atoms with Crippen molar-refractivity contribution in [2.24, 2.45) is 5.92 Å². The van der Waals surface area contributed by atoms with Crippen LogP contribution in [0.2, 0.25) is 0 Å². The van der Waals surface area contributed by atoms with Crippen LogP contribution in [0, 0.1) is 12.8 Å². The SMILES string of the molecule is COc1ccc(C(OCCN2CCC[C@@H](C(=O)O)C2)(c2ccc(OC)cc2)c2ccc(OC)cc2C)cc1. The van der Waals surface area contributed by atoms with Gasteiger partial charge >= 0.3 is 5.97 Å².